The summed E-state index contributed by atoms with van der Waals surface area (Å²) < 4.78 is 6.55. The molecule has 0 spiro atoms. The lowest BCUT2D eigenvalue weighted by atomic mass is 10.2. The second-order valence-corrected chi connectivity index (χ2v) is 5.84. The zero-order valence-electron chi connectivity index (χ0n) is 13.9. The minimum Gasteiger partial charge on any atom is -0.430 e. The molecule has 1 amide bonds. The van der Waals surface area contributed by atoms with Crippen molar-refractivity contribution in [1.82, 2.24) is 24.6 Å². The summed E-state index contributed by atoms with van der Waals surface area (Å²) in [5.41, 5.74) is -0.0911. The molecule has 0 aliphatic carbocycles. The summed E-state index contributed by atoms with van der Waals surface area (Å²) in [6.45, 7) is 2.43. The first kappa shape index (κ1) is 16.0. The monoisotopic (exact) mass is 352 g/mol. The maximum atomic E-state index is 12.4. The number of piperazine rings is 1. The predicted molar refractivity (Wildman–Crippen MR) is 92.2 cm³/mol. The van der Waals surface area contributed by atoms with Gasteiger partial charge in [0.1, 0.15) is 12.6 Å². The van der Waals surface area contributed by atoms with E-state index in [2.05, 4.69) is 20.1 Å². The van der Waals surface area contributed by atoms with E-state index in [1.54, 1.807) is 28.2 Å². The Morgan fingerprint density at radius 1 is 1.00 bits per heavy atom. The van der Waals surface area contributed by atoms with Gasteiger partial charge in [-0.05, 0) is 18.2 Å². The van der Waals surface area contributed by atoms with Gasteiger partial charge < -0.3 is 14.2 Å². The molecule has 4 rings (SSSR count). The van der Waals surface area contributed by atoms with Crippen LogP contribution in [0.4, 0.5) is 5.82 Å². The van der Waals surface area contributed by atoms with Crippen LogP contribution in [0.5, 0.6) is 0 Å². The van der Waals surface area contributed by atoms with E-state index in [0.29, 0.717) is 37.6 Å². The van der Waals surface area contributed by atoms with Crippen molar-refractivity contribution < 1.29 is 9.21 Å². The molecule has 0 atom stereocenters. The zero-order valence-corrected chi connectivity index (χ0v) is 13.9. The van der Waals surface area contributed by atoms with Gasteiger partial charge in [-0.25, -0.2) is 9.78 Å². The summed E-state index contributed by atoms with van der Waals surface area (Å²) in [5, 5.41) is 8.49. The summed E-state index contributed by atoms with van der Waals surface area (Å²) in [6, 6.07) is 6.53. The number of aromatic nitrogens is 4. The Bertz CT molecular complexity index is 923. The van der Waals surface area contributed by atoms with Crippen molar-refractivity contribution in [2.45, 2.75) is 0 Å². The summed E-state index contributed by atoms with van der Waals surface area (Å²) in [7, 11) is 0. The number of rotatable bonds is 3. The molecule has 1 saturated heterocycles. The smallest absolute Gasteiger partial charge is 0.335 e. The van der Waals surface area contributed by atoms with Crippen molar-refractivity contribution in [3.63, 3.8) is 0 Å². The molecule has 0 saturated carbocycles. The molecule has 1 fully saturated rings. The number of hydrogen-bond acceptors (Lipinski definition) is 7. The number of hydrogen-bond donors (Lipinski definition) is 0. The van der Waals surface area contributed by atoms with Gasteiger partial charge in [0.2, 0.25) is 0 Å². The molecule has 132 valence electrons. The third kappa shape index (κ3) is 3.18. The second kappa shape index (κ2) is 6.79. The highest BCUT2D eigenvalue weighted by Gasteiger charge is 2.23. The number of amides is 1. The molecule has 0 aromatic carbocycles. The average molecular weight is 352 g/mol. The molecule has 9 heteroatoms. The van der Waals surface area contributed by atoms with Crippen LogP contribution < -0.4 is 10.5 Å². The van der Waals surface area contributed by atoms with E-state index >= 15 is 0 Å². The molecule has 0 N–H and O–H groups in total. The van der Waals surface area contributed by atoms with Gasteiger partial charge in [-0.3, -0.25) is 9.36 Å². The number of imidazole rings is 1. The standard InChI is InChI=1S/C17H16N6O3/c24-16-4-1-13(11-26-16)17(25)22-9-7-21(8-10-22)14-2-3-15(20-19-14)23-6-5-18-12-23/h1-6,11-12H,7-10H2. The van der Waals surface area contributed by atoms with E-state index in [0.717, 1.165) is 5.82 Å². The van der Waals surface area contributed by atoms with Gasteiger partial charge in [-0.15, -0.1) is 10.2 Å². The molecule has 3 aromatic heterocycles. The molecule has 4 heterocycles. The van der Waals surface area contributed by atoms with E-state index in [-0.39, 0.29) is 5.91 Å². The normalized spacial score (nSPS) is 14.5. The highest BCUT2D eigenvalue weighted by molar-refractivity contribution is 5.93. The molecular weight excluding hydrogens is 336 g/mol. The number of nitrogens with zero attached hydrogens (tertiary/aromatic N) is 6. The van der Waals surface area contributed by atoms with Crippen molar-refractivity contribution in [2.24, 2.45) is 0 Å². The Balaban J connectivity index is 1.39. The van der Waals surface area contributed by atoms with Crippen LogP contribution in [0.2, 0.25) is 0 Å². The van der Waals surface area contributed by atoms with Crippen LogP contribution in [0.1, 0.15) is 10.4 Å². The number of carbonyl (C=O) groups excluding carboxylic acids is 1. The molecular formula is C17H16N6O3. The predicted octanol–water partition coefficient (Wildman–Crippen LogP) is 0.578. The van der Waals surface area contributed by atoms with Crippen LogP contribution in [0.3, 0.4) is 0 Å². The Morgan fingerprint density at radius 2 is 1.77 bits per heavy atom. The zero-order chi connectivity index (χ0) is 17.9. The summed E-state index contributed by atoms with van der Waals surface area (Å²) in [4.78, 5) is 31.2. The summed E-state index contributed by atoms with van der Waals surface area (Å²) in [6.07, 6.45) is 6.36. The van der Waals surface area contributed by atoms with Crippen LogP contribution >= 0.6 is 0 Å². The van der Waals surface area contributed by atoms with E-state index in [1.807, 2.05) is 12.1 Å². The molecule has 0 radical (unpaired) electrons. The Hall–Kier alpha value is -3.49. The molecule has 0 unspecified atom stereocenters. The third-order valence-electron chi connectivity index (χ3n) is 4.24. The fraction of sp³-hybridized carbons (Fsp3) is 0.235. The third-order valence-corrected chi connectivity index (χ3v) is 4.24. The van der Waals surface area contributed by atoms with E-state index in [4.69, 9.17) is 4.42 Å². The first-order valence-electron chi connectivity index (χ1n) is 8.16. The Labute approximate surface area is 148 Å². The Morgan fingerprint density at radius 3 is 2.38 bits per heavy atom. The van der Waals surface area contributed by atoms with E-state index in [1.165, 1.54) is 18.4 Å². The number of anilines is 1. The lowest BCUT2D eigenvalue weighted by Gasteiger charge is -2.35. The molecule has 1 aliphatic rings. The Kier molecular flexibility index (Phi) is 4.18. The van der Waals surface area contributed by atoms with Gasteiger partial charge in [0.05, 0.1) is 5.56 Å². The highest BCUT2D eigenvalue weighted by atomic mass is 16.4. The number of carbonyl (C=O) groups is 1. The van der Waals surface area contributed by atoms with Crippen molar-refractivity contribution >= 4 is 11.7 Å². The quantitative estimate of drug-likeness (QED) is 0.680. The van der Waals surface area contributed by atoms with Gasteiger partial charge in [0.25, 0.3) is 5.91 Å². The van der Waals surface area contributed by atoms with Gasteiger partial charge in [-0.1, -0.05) is 0 Å². The largest absolute Gasteiger partial charge is 0.430 e. The molecule has 0 bridgehead atoms. The van der Waals surface area contributed by atoms with Crippen molar-refractivity contribution in [3.8, 4) is 5.82 Å². The summed E-state index contributed by atoms with van der Waals surface area (Å²) >= 11 is 0. The highest BCUT2D eigenvalue weighted by Crippen LogP contribution is 2.15. The fourth-order valence-electron chi connectivity index (χ4n) is 2.82. The van der Waals surface area contributed by atoms with Gasteiger partial charge in [-0.2, -0.15) is 0 Å². The maximum absolute atomic E-state index is 12.4. The molecule has 1 aliphatic heterocycles. The van der Waals surface area contributed by atoms with Crippen LogP contribution in [0.25, 0.3) is 5.82 Å². The first-order valence-corrected chi connectivity index (χ1v) is 8.16. The van der Waals surface area contributed by atoms with Crippen LogP contribution in [0, 0.1) is 0 Å². The molecule has 3 aromatic rings. The minimum atomic E-state index is -0.468. The first-order chi connectivity index (χ1) is 12.7. The van der Waals surface area contributed by atoms with Crippen LogP contribution in [-0.2, 0) is 0 Å². The van der Waals surface area contributed by atoms with Crippen LogP contribution in [-0.4, -0.2) is 56.7 Å². The second-order valence-electron chi connectivity index (χ2n) is 5.84. The van der Waals surface area contributed by atoms with Crippen molar-refractivity contribution in [1.29, 1.82) is 0 Å². The molecule has 9 nitrogen and oxygen atoms in total. The van der Waals surface area contributed by atoms with Crippen molar-refractivity contribution in [3.05, 3.63) is 65.2 Å². The van der Waals surface area contributed by atoms with E-state index < -0.39 is 5.63 Å². The van der Waals surface area contributed by atoms with Crippen molar-refractivity contribution in [2.75, 3.05) is 31.1 Å². The van der Waals surface area contributed by atoms with E-state index in [9.17, 15) is 9.59 Å². The SMILES string of the molecule is O=C(c1ccc(=O)oc1)N1CCN(c2ccc(-n3ccnc3)nn2)CC1. The lowest BCUT2D eigenvalue weighted by molar-refractivity contribution is 0.0743. The fourth-order valence-corrected chi connectivity index (χ4v) is 2.82. The van der Waals surface area contributed by atoms with Gasteiger partial charge in [0.15, 0.2) is 11.6 Å². The lowest BCUT2D eigenvalue weighted by Crippen LogP contribution is -2.49. The summed E-state index contributed by atoms with van der Waals surface area (Å²) in [5.74, 6) is 1.33. The molecule has 26 heavy (non-hydrogen) atoms. The topological polar surface area (TPSA) is 97.4 Å². The van der Waals surface area contributed by atoms with Gasteiger partial charge >= 0.3 is 5.63 Å². The van der Waals surface area contributed by atoms with Crippen LogP contribution in [0.15, 0.2) is 58.5 Å². The maximum Gasteiger partial charge on any atom is 0.335 e. The average Bonchev–Trinajstić information content (AvgIpc) is 3.23. The van der Waals surface area contributed by atoms with Gasteiger partial charge in [0, 0.05) is 44.6 Å². The minimum absolute atomic E-state index is 0.144.